The van der Waals surface area contributed by atoms with Gasteiger partial charge in [0.1, 0.15) is 11.3 Å². The molecule has 1 aromatic carbocycles. The summed E-state index contributed by atoms with van der Waals surface area (Å²) in [6.45, 7) is 3.46. The average Bonchev–Trinajstić information content (AvgIpc) is 2.75. The van der Waals surface area contributed by atoms with Crippen molar-refractivity contribution in [1.29, 1.82) is 0 Å². The molecule has 0 saturated carbocycles. The summed E-state index contributed by atoms with van der Waals surface area (Å²) in [5.74, 6) is -0.492. The van der Waals surface area contributed by atoms with E-state index in [4.69, 9.17) is 0 Å². The monoisotopic (exact) mass is 295 g/mol. The van der Waals surface area contributed by atoms with Gasteiger partial charge in [-0.1, -0.05) is 18.2 Å². The van der Waals surface area contributed by atoms with Crippen LogP contribution in [0.15, 0.2) is 29.1 Å². The molecule has 2 heterocycles. The van der Waals surface area contributed by atoms with Crippen molar-refractivity contribution >= 4 is 5.78 Å². The first-order valence-electron chi connectivity index (χ1n) is 7.59. The van der Waals surface area contributed by atoms with Crippen molar-refractivity contribution < 1.29 is 9.90 Å². The number of carbonyl (C=O) groups excluding carboxylic acids is 1. The molecule has 0 fully saturated rings. The Kier molecular flexibility index (Phi) is 2.48. The highest BCUT2D eigenvalue weighted by molar-refractivity contribution is 5.97. The molecule has 1 atom stereocenters. The number of ketones is 1. The molecule has 0 bridgehead atoms. The summed E-state index contributed by atoms with van der Waals surface area (Å²) in [7, 11) is 0. The van der Waals surface area contributed by atoms with Crippen molar-refractivity contribution in [2.24, 2.45) is 0 Å². The predicted octanol–water partition coefficient (Wildman–Crippen LogP) is 2.70. The van der Waals surface area contributed by atoms with Crippen LogP contribution in [0.3, 0.4) is 0 Å². The highest BCUT2D eigenvalue weighted by Gasteiger charge is 2.45. The number of para-hydroxylation sites is 1. The van der Waals surface area contributed by atoms with E-state index in [2.05, 4.69) is 6.92 Å². The summed E-state index contributed by atoms with van der Waals surface area (Å²) in [6, 6.07) is 7.84. The zero-order valence-corrected chi connectivity index (χ0v) is 12.6. The van der Waals surface area contributed by atoms with Crippen molar-refractivity contribution in [3.8, 4) is 11.4 Å². The Morgan fingerprint density at radius 3 is 2.77 bits per heavy atom. The number of pyridine rings is 1. The lowest BCUT2D eigenvalue weighted by molar-refractivity contribution is 0.101. The molecular formula is C18H17NO3. The molecule has 22 heavy (non-hydrogen) atoms. The Morgan fingerprint density at radius 1 is 1.32 bits per heavy atom. The zero-order chi connectivity index (χ0) is 15.6. The number of nitrogens with zero attached hydrogens (tertiary/aromatic N) is 1. The smallest absolute Gasteiger partial charge is 0.270 e. The van der Waals surface area contributed by atoms with Gasteiger partial charge >= 0.3 is 0 Å². The third-order valence-electron chi connectivity index (χ3n) is 5.17. The highest BCUT2D eigenvalue weighted by Crippen LogP contribution is 2.51. The van der Waals surface area contributed by atoms with E-state index in [-0.39, 0.29) is 22.5 Å². The fraction of sp³-hybridized carbons (Fsp3) is 0.333. The fourth-order valence-corrected chi connectivity index (χ4v) is 4.21. The van der Waals surface area contributed by atoms with Gasteiger partial charge in [-0.05, 0) is 44.7 Å². The minimum absolute atomic E-state index is 0.0836. The topological polar surface area (TPSA) is 59.3 Å². The van der Waals surface area contributed by atoms with E-state index < -0.39 is 5.56 Å². The van der Waals surface area contributed by atoms with Gasteiger partial charge in [-0.25, -0.2) is 0 Å². The van der Waals surface area contributed by atoms with E-state index in [1.54, 1.807) is 4.57 Å². The van der Waals surface area contributed by atoms with Gasteiger partial charge in [-0.3, -0.25) is 14.2 Å². The molecule has 0 amide bonds. The van der Waals surface area contributed by atoms with Crippen LogP contribution in [0.2, 0.25) is 0 Å². The molecule has 1 aliphatic carbocycles. The van der Waals surface area contributed by atoms with E-state index in [0.717, 1.165) is 35.3 Å². The van der Waals surface area contributed by atoms with Crippen molar-refractivity contribution in [3.63, 3.8) is 0 Å². The van der Waals surface area contributed by atoms with Crippen LogP contribution in [-0.4, -0.2) is 15.5 Å². The highest BCUT2D eigenvalue weighted by atomic mass is 16.3. The van der Waals surface area contributed by atoms with Crippen LogP contribution in [-0.2, 0) is 11.8 Å². The summed E-state index contributed by atoms with van der Waals surface area (Å²) in [4.78, 5) is 24.7. The minimum Gasteiger partial charge on any atom is -0.507 e. The van der Waals surface area contributed by atoms with Crippen molar-refractivity contribution in [1.82, 2.24) is 4.57 Å². The Balaban J connectivity index is 2.24. The number of aromatic hydroxyl groups is 1. The third-order valence-corrected chi connectivity index (χ3v) is 5.17. The molecule has 1 N–H and O–H groups in total. The molecule has 0 unspecified atom stereocenters. The molecule has 112 valence electrons. The Morgan fingerprint density at radius 2 is 2.05 bits per heavy atom. The quantitative estimate of drug-likeness (QED) is 0.823. The number of carbonyl (C=O) groups is 1. The summed E-state index contributed by atoms with van der Waals surface area (Å²) in [5, 5.41) is 10.5. The number of Topliss-reactive ketones (excluding diaryl/α,β-unsaturated/α-hetero) is 1. The maximum atomic E-state index is 12.8. The number of aromatic nitrogens is 1. The first-order valence-corrected chi connectivity index (χ1v) is 7.59. The van der Waals surface area contributed by atoms with Crippen LogP contribution in [0.5, 0.6) is 5.75 Å². The Labute approximate surface area is 128 Å². The lowest BCUT2D eigenvalue weighted by Gasteiger charge is -2.32. The molecule has 1 aliphatic heterocycles. The van der Waals surface area contributed by atoms with Crippen LogP contribution in [0.1, 0.15) is 53.9 Å². The van der Waals surface area contributed by atoms with E-state index in [1.165, 1.54) is 6.92 Å². The summed E-state index contributed by atoms with van der Waals surface area (Å²) in [6.07, 6.45) is 2.57. The van der Waals surface area contributed by atoms with Gasteiger partial charge in [0, 0.05) is 16.7 Å². The third kappa shape index (κ3) is 1.37. The molecule has 2 aromatic rings. The van der Waals surface area contributed by atoms with Crippen LogP contribution in [0, 0.1) is 0 Å². The van der Waals surface area contributed by atoms with E-state index in [9.17, 15) is 14.7 Å². The Hall–Kier alpha value is -2.36. The molecule has 1 aromatic heterocycles. The van der Waals surface area contributed by atoms with E-state index in [1.807, 2.05) is 24.3 Å². The van der Waals surface area contributed by atoms with Gasteiger partial charge in [0.05, 0.1) is 5.69 Å². The van der Waals surface area contributed by atoms with Crippen molar-refractivity contribution in [2.75, 3.05) is 0 Å². The van der Waals surface area contributed by atoms with E-state index >= 15 is 0 Å². The van der Waals surface area contributed by atoms with Crippen LogP contribution in [0.25, 0.3) is 5.69 Å². The maximum absolute atomic E-state index is 12.8. The number of fused-ring (bicyclic) bond motifs is 3. The zero-order valence-electron chi connectivity index (χ0n) is 12.6. The molecule has 0 spiro atoms. The molecule has 0 radical (unpaired) electrons. The van der Waals surface area contributed by atoms with Gasteiger partial charge in [-0.2, -0.15) is 0 Å². The number of hydrogen-bond donors (Lipinski definition) is 1. The molecule has 0 saturated heterocycles. The summed E-state index contributed by atoms with van der Waals surface area (Å²) in [5.41, 5.74) is 2.82. The second-order valence-electron chi connectivity index (χ2n) is 6.45. The first-order chi connectivity index (χ1) is 10.5. The lowest BCUT2D eigenvalue weighted by atomic mass is 9.71. The van der Waals surface area contributed by atoms with Crippen molar-refractivity contribution in [3.05, 3.63) is 57.0 Å². The largest absolute Gasteiger partial charge is 0.507 e. The van der Waals surface area contributed by atoms with Gasteiger partial charge in [-0.15, -0.1) is 0 Å². The minimum atomic E-state index is -0.401. The SMILES string of the molecule is CC(=O)c1c(O)c2c3n(c1=O)-c1ccccc1[C@]3(C)CCC2. The molecule has 4 nitrogen and oxygen atoms in total. The Bertz CT molecular complexity index is 894. The average molecular weight is 295 g/mol. The van der Waals surface area contributed by atoms with Gasteiger partial charge in [0.2, 0.25) is 0 Å². The normalized spacial score (nSPS) is 21.4. The standard InChI is InChI=1S/C18H17NO3/c1-10(20)14-15(21)11-6-5-9-18(2)12-7-3-4-8-13(12)19(16(11)18)17(14)22/h3-4,7-8,21H,5-6,9H2,1-2H3/t18-/m0/s1. The summed E-state index contributed by atoms with van der Waals surface area (Å²) >= 11 is 0. The number of benzene rings is 1. The molecule has 4 heteroatoms. The predicted molar refractivity (Wildman–Crippen MR) is 83.1 cm³/mol. The van der Waals surface area contributed by atoms with Gasteiger partial charge in [0.15, 0.2) is 5.78 Å². The molecule has 2 aliphatic rings. The second kappa shape index (κ2) is 4.09. The van der Waals surface area contributed by atoms with Crippen LogP contribution < -0.4 is 5.56 Å². The van der Waals surface area contributed by atoms with Crippen LogP contribution >= 0.6 is 0 Å². The number of rotatable bonds is 1. The first kappa shape index (κ1) is 13.3. The number of hydrogen-bond acceptors (Lipinski definition) is 3. The fourth-order valence-electron chi connectivity index (χ4n) is 4.21. The maximum Gasteiger partial charge on any atom is 0.270 e. The second-order valence-corrected chi connectivity index (χ2v) is 6.45. The van der Waals surface area contributed by atoms with Gasteiger partial charge < -0.3 is 5.11 Å². The van der Waals surface area contributed by atoms with Crippen molar-refractivity contribution in [2.45, 2.75) is 38.5 Å². The summed E-state index contributed by atoms with van der Waals surface area (Å²) < 4.78 is 1.65. The van der Waals surface area contributed by atoms with Gasteiger partial charge in [0.25, 0.3) is 5.56 Å². The lowest BCUT2D eigenvalue weighted by Crippen LogP contribution is -2.33. The van der Waals surface area contributed by atoms with Crippen LogP contribution in [0.4, 0.5) is 0 Å². The van der Waals surface area contributed by atoms with E-state index in [0.29, 0.717) is 6.42 Å². The molecule has 4 rings (SSSR count). The molecular weight excluding hydrogens is 278 g/mol.